The average molecular weight is 352 g/mol. The smallest absolute Gasteiger partial charge is 0.255 e. The van der Waals surface area contributed by atoms with Gasteiger partial charge in [-0.3, -0.25) is 9.69 Å². The minimum atomic E-state index is -0.102. The van der Waals surface area contributed by atoms with E-state index in [-0.39, 0.29) is 5.91 Å². The van der Waals surface area contributed by atoms with Gasteiger partial charge in [0, 0.05) is 25.2 Å². The van der Waals surface area contributed by atoms with Gasteiger partial charge in [-0.2, -0.15) is 0 Å². The van der Waals surface area contributed by atoms with Gasteiger partial charge in [0.2, 0.25) is 0 Å². The lowest BCUT2D eigenvalue weighted by Crippen LogP contribution is -2.22. The van der Waals surface area contributed by atoms with Crippen LogP contribution in [0.5, 0.6) is 0 Å². The number of hydrogen-bond acceptors (Lipinski definition) is 4. The summed E-state index contributed by atoms with van der Waals surface area (Å²) in [5.74, 6) is 0.886. The molecule has 1 aliphatic rings. The van der Waals surface area contributed by atoms with E-state index in [1.54, 1.807) is 6.20 Å². The van der Waals surface area contributed by atoms with Crippen molar-refractivity contribution in [2.75, 3.05) is 36.4 Å². The van der Waals surface area contributed by atoms with Crippen LogP contribution in [0.2, 0.25) is 0 Å². The van der Waals surface area contributed by atoms with Crippen molar-refractivity contribution in [2.24, 2.45) is 0 Å². The van der Waals surface area contributed by atoms with Gasteiger partial charge in [0.1, 0.15) is 5.82 Å². The standard InChI is InChI=1S/C21H28N4O/c1-3-24(4-2)16-17-7-9-18(10-8-17)21(26)23-19-11-12-20(22-15-19)25-13-5-6-14-25/h7-12,15H,3-6,13-14,16H2,1-2H3,(H,23,26). The number of carbonyl (C=O) groups excluding carboxylic acids is 1. The van der Waals surface area contributed by atoms with Crippen molar-refractivity contribution in [1.29, 1.82) is 0 Å². The summed E-state index contributed by atoms with van der Waals surface area (Å²) >= 11 is 0. The van der Waals surface area contributed by atoms with Gasteiger partial charge in [0.25, 0.3) is 5.91 Å². The Hall–Kier alpha value is -2.40. The van der Waals surface area contributed by atoms with Crippen LogP contribution in [0.4, 0.5) is 11.5 Å². The fourth-order valence-electron chi connectivity index (χ4n) is 3.26. The Morgan fingerprint density at radius 3 is 2.35 bits per heavy atom. The number of carbonyl (C=O) groups is 1. The van der Waals surface area contributed by atoms with Crippen LogP contribution in [0.3, 0.4) is 0 Å². The molecule has 1 aliphatic heterocycles. The molecule has 1 saturated heterocycles. The lowest BCUT2D eigenvalue weighted by atomic mass is 10.1. The third-order valence-electron chi connectivity index (χ3n) is 4.95. The molecule has 1 N–H and O–H groups in total. The first-order chi connectivity index (χ1) is 12.7. The van der Waals surface area contributed by atoms with Crippen molar-refractivity contribution in [2.45, 2.75) is 33.2 Å². The predicted octanol–water partition coefficient (Wildman–Crippen LogP) is 3.78. The van der Waals surface area contributed by atoms with Gasteiger partial charge in [-0.15, -0.1) is 0 Å². The highest BCUT2D eigenvalue weighted by atomic mass is 16.1. The van der Waals surface area contributed by atoms with Gasteiger partial charge in [0.15, 0.2) is 0 Å². The van der Waals surface area contributed by atoms with Gasteiger partial charge in [-0.1, -0.05) is 26.0 Å². The summed E-state index contributed by atoms with van der Waals surface area (Å²) in [5, 5.41) is 2.93. The molecule has 0 radical (unpaired) electrons. The van der Waals surface area contributed by atoms with Crippen LogP contribution in [0.25, 0.3) is 0 Å². The topological polar surface area (TPSA) is 48.5 Å². The zero-order valence-corrected chi connectivity index (χ0v) is 15.7. The summed E-state index contributed by atoms with van der Waals surface area (Å²) in [6, 6.07) is 11.7. The fourth-order valence-corrected chi connectivity index (χ4v) is 3.26. The number of nitrogens with zero attached hydrogens (tertiary/aromatic N) is 3. The monoisotopic (exact) mass is 352 g/mol. The molecule has 0 aliphatic carbocycles. The van der Waals surface area contributed by atoms with Crippen LogP contribution in [0.1, 0.15) is 42.6 Å². The maximum atomic E-state index is 12.4. The molecule has 0 spiro atoms. The fraction of sp³-hybridized carbons (Fsp3) is 0.429. The van der Waals surface area contributed by atoms with E-state index in [0.29, 0.717) is 5.56 Å². The van der Waals surface area contributed by atoms with Crippen LogP contribution in [-0.2, 0) is 6.54 Å². The van der Waals surface area contributed by atoms with Crippen molar-refractivity contribution in [1.82, 2.24) is 9.88 Å². The Morgan fingerprint density at radius 2 is 1.77 bits per heavy atom. The number of rotatable bonds is 7. The molecule has 2 aromatic rings. The molecule has 1 fully saturated rings. The summed E-state index contributed by atoms with van der Waals surface area (Å²) in [6.45, 7) is 9.43. The summed E-state index contributed by atoms with van der Waals surface area (Å²) in [4.78, 5) is 21.5. The molecule has 5 nitrogen and oxygen atoms in total. The van der Waals surface area contributed by atoms with E-state index in [0.717, 1.165) is 44.2 Å². The third-order valence-corrected chi connectivity index (χ3v) is 4.95. The van der Waals surface area contributed by atoms with Crippen molar-refractivity contribution < 1.29 is 4.79 Å². The molecule has 138 valence electrons. The van der Waals surface area contributed by atoms with E-state index in [9.17, 15) is 4.79 Å². The lowest BCUT2D eigenvalue weighted by molar-refractivity contribution is 0.102. The van der Waals surface area contributed by atoms with E-state index < -0.39 is 0 Å². The molecule has 5 heteroatoms. The zero-order valence-electron chi connectivity index (χ0n) is 15.7. The van der Waals surface area contributed by atoms with Crippen LogP contribution < -0.4 is 10.2 Å². The largest absolute Gasteiger partial charge is 0.357 e. The molecular formula is C21H28N4O. The average Bonchev–Trinajstić information content (AvgIpc) is 3.22. The van der Waals surface area contributed by atoms with Crippen LogP contribution in [-0.4, -0.2) is 42.0 Å². The highest BCUT2D eigenvalue weighted by Crippen LogP contribution is 2.19. The van der Waals surface area contributed by atoms with E-state index in [2.05, 4.69) is 33.9 Å². The molecule has 26 heavy (non-hydrogen) atoms. The van der Waals surface area contributed by atoms with Crippen LogP contribution >= 0.6 is 0 Å². The van der Waals surface area contributed by atoms with Crippen LogP contribution in [0, 0.1) is 0 Å². The number of benzene rings is 1. The Balaban J connectivity index is 1.58. The first kappa shape index (κ1) is 18.4. The Bertz CT molecular complexity index is 702. The van der Waals surface area contributed by atoms with E-state index in [1.807, 2.05) is 36.4 Å². The summed E-state index contributed by atoms with van der Waals surface area (Å²) in [6.07, 6.45) is 4.19. The second kappa shape index (κ2) is 8.81. The quantitative estimate of drug-likeness (QED) is 0.824. The number of amides is 1. The number of pyridine rings is 1. The second-order valence-corrected chi connectivity index (χ2v) is 6.71. The van der Waals surface area contributed by atoms with Crippen molar-refractivity contribution >= 4 is 17.4 Å². The summed E-state index contributed by atoms with van der Waals surface area (Å²) in [7, 11) is 0. The SMILES string of the molecule is CCN(CC)Cc1ccc(C(=O)Nc2ccc(N3CCCC3)nc2)cc1. The van der Waals surface area contributed by atoms with E-state index in [4.69, 9.17) is 0 Å². The minimum absolute atomic E-state index is 0.102. The number of aromatic nitrogens is 1. The maximum Gasteiger partial charge on any atom is 0.255 e. The van der Waals surface area contributed by atoms with E-state index >= 15 is 0 Å². The van der Waals surface area contributed by atoms with Crippen molar-refractivity contribution in [3.63, 3.8) is 0 Å². The highest BCUT2D eigenvalue weighted by molar-refractivity contribution is 6.04. The van der Waals surface area contributed by atoms with Crippen molar-refractivity contribution in [3.05, 3.63) is 53.7 Å². The first-order valence-electron chi connectivity index (χ1n) is 9.53. The third kappa shape index (κ3) is 4.61. The molecule has 1 aromatic carbocycles. The van der Waals surface area contributed by atoms with Gasteiger partial charge in [-0.25, -0.2) is 4.98 Å². The highest BCUT2D eigenvalue weighted by Gasteiger charge is 2.13. The maximum absolute atomic E-state index is 12.4. The van der Waals surface area contributed by atoms with Crippen LogP contribution in [0.15, 0.2) is 42.6 Å². The summed E-state index contributed by atoms with van der Waals surface area (Å²) < 4.78 is 0. The van der Waals surface area contributed by atoms with E-state index in [1.165, 1.54) is 18.4 Å². The molecule has 1 amide bonds. The zero-order chi connectivity index (χ0) is 18.4. The molecule has 2 heterocycles. The van der Waals surface area contributed by atoms with Gasteiger partial charge >= 0.3 is 0 Å². The Kier molecular flexibility index (Phi) is 6.23. The molecule has 0 bridgehead atoms. The molecule has 0 unspecified atom stereocenters. The lowest BCUT2D eigenvalue weighted by Gasteiger charge is -2.18. The number of anilines is 2. The molecular weight excluding hydrogens is 324 g/mol. The van der Waals surface area contributed by atoms with Gasteiger partial charge in [0.05, 0.1) is 11.9 Å². The predicted molar refractivity (Wildman–Crippen MR) is 107 cm³/mol. The Labute approximate surface area is 156 Å². The van der Waals surface area contributed by atoms with Gasteiger partial charge in [-0.05, 0) is 55.8 Å². The second-order valence-electron chi connectivity index (χ2n) is 6.71. The molecule has 1 aromatic heterocycles. The van der Waals surface area contributed by atoms with Crippen molar-refractivity contribution in [3.8, 4) is 0 Å². The molecule has 3 rings (SSSR count). The normalized spacial score (nSPS) is 14.0. The number of hydrogen-bond donors (Lipinski definition) is 1. The summed E-state index contributed by atoms with van der Waals surface area (Å²) in [5.41, 5.74) is 2.61. The number of nitrogens with one attached hydrogen (secondary N) is 1. The first-order valence-corrected chi connectivity index (χ1v) is 9.53. The molecule has 0 atom stereocenters. The Morgan fingerprint density at radius 1 is 1.08 bits per heavy atom. The minimum Gasteiger partial charge on any atom is -0.357 e. The molecule has 0 saturated carbocycles. The van der Waals surface area contributed by atoms with Gasteiger partial charge < -0.3 is 10.2 Å².